The lowest BCUT2D eigenvalue weighted by Gasteiger charge is -2.46. The predicted molar refractivity (Wildman–Crippen MR) is 124 cm³/mol. The summed E-state index contributed by atoms with van der Waals surface area (Å²) < 4.78 is 9.04. The van der Waals surface area contributed by atoms with Crippen LogP contribution in [-0.2, 0) is 11.2 Å². The van der Waals surface area contributed by atoms with Crippen molar-refractivity contribution in [2.24, 2.45) is 5.41 Å². The van der Waals surface area contributed by atoms with Crippen LogP contribution in [0.3, 0.4) is 0 Å². The fourth-order valence-corrected chi connectivity index (χ4v) is 5.55. The van der Waals surface area contributed by atoms with E-state index in [9.17, 15) is 4.79 Å². The number of rotatable bonds is 2. The van der Waals surface area contributed by atoms with E-state index >= 15 is 0 Å². The molecule has 30 heavy (non-hydrogen) atoms. The Kier molecular flexibility index (Phi) is 5.90. The second-order valence-electron chi connectivity index (χ2n) is 10.1. The monoisotopic (exact) mass is 475 g/mol. The Morgan fingerprint density at radius 3 is 2.50 bits per heavy atom. The second-order valence-corrected chi connectivity index (χ2v) is 11.1. The molecule has 5 nitrogen and oxygen atoms in total. The van der Waals surface area contributed by atoms with Crippen LogP contribution in [0.4, 0.5) is 4.79 Å². The summed E-state index contributed by atoms with van der Waals surface area (Å²) in [5.74, 6) is 0. The van der Waals surface area contributed by atoms with Crippen molar-refractivity contribution in [3.8, 4) is 0 Å². The van der Waals surface area contributed by atoms with Crippen LogP contribution in [0.1, 0.15) is 77.8 Å². The molecule has 1 amide bonds. The van der Waals surface area contributed by atoms with Gasteiger partial charge in [0.25, 0.3) is 0 Å². The molecule has 1 spiro atoms. The molecule has 2 fully saturated rings. The summed E-state index contributed by atoms with van der Waals surface area (Å²) in [5.41, 5.74) is 2.47. The fraction of sp³-hybridized carbons (Fsp3) is 0.667. The molecule has 3 heterocycles. The summed E-state index contributed by atoms with van der Waals surface area (Å²) in [4.78, 5) is 19.0. The highest BCUT2D eigenvalue weighted by Gasteiger charge is 2.40. The quantitative estimate of drug-likeness (QED) is 0.498. The first-order chi connectivity index (χ1) is 14.2. The summed E-state index contributed by atoms with van der Waals surface area (Å²) in [7, 11) is 0. The first-order valence-electron chi connectivity index (χ1n) is 11.3. The van der Waals surface area contributed by atoms with E-state index in [0.29, 0.717) is 11.5 Å². The first kappa shape index (κ1) is 21.7. The zero-order valence-electron chi connectivity index (χ0n) is 18.7. The molecule has 1 aliphatic heterocycles. The van der Waals surface area contributed by atoms with Gasteiger partial charge in [-0.05, 0) is 98.7 Å². The van der Waals surface area contributed by atoms with Crippen molar-refractivity contribution in [3.05, 3.63) is 28.5 Å². The molecule has 1 saturated carbocycles. The van der Waals surface area contributed by atoms with Crippen molar-refractivity contribution in [2.75, 3.05) is 13.1 Å². The number of nitrogens with zero attached hydrogens (tertiary/aromatic N) is 3. The second kappa shape index (κ2) is 8.18. The molecule has 2 aliphatic rings. The number of carbonyl (C=O) groups excluding carboxylic acids is 1. The zero-order chi connectivity index (χ0) is 21.5. The van der Waals surface area contributed by atoms with Crippen LogP contribution in [0.5, 0.6) is 0 Å². The number of pyridine rings is 1. The molecular formula is C24H34BrN3O2. The van der Waals surface area contributed by atoms with Crippen LogP contribution < -0.4 is 0 Å². The number of hydrogen-bond acceptors (Lipinski definition) is 3. The van der Waals surface area contributed by atoms with Crippen molar-refractivity contribution in [2.45, 2.75) is 84.3 Å². The third kappa shape index (κ3) is 4.39. The SMILES string of the molecule is CCc1cn(C2CCC3(CC2)CCN(C(=O)OC(C)(C)C)CC3)c2ncc(Br)cc12. The van der Waals surface area contributed by atoms with Crippen molar-refractivity contribution >= 4 is 33.1 Å². The standard InChI is InChI=1S/C24H34BrN3O2/c1-5-17-16-28(21-20(17)14-18(25)15-26-21)19-6-8-24(9-7-19)10-12-27(13-11-24)22(29)30-23(2,3)4/h14-16,19H,5-13H2,1-4H3. The van der Waals surface area contributed by atoms with E-state index < -0.39 is 5.60 Å². The van der Waals surface area contributed by atoms with Gasteiger partial charge in [0, 0.05) is 41.4 Å². The van der Waals surface area contributed by atoms with Crippen LogP contribution in [0.2, 0.25) is 0 Å². The number of carbonyl (C=O) groups is 1. The maximum absolute atomic E-state index is 12.4. The maximum Gasteiger partial charge on any atom is 0.410 e. The van der Waals surface area contributed by atoms with Gasteiger partial charge in [0.1, 0.15) is 11.2 Å². The van der Waals surface area contributed by atoms with E-state index in [1.165, 1.54) is 36.6 Å². The summed E-state index contributed by atoms with van der Waals surface area (Å²) >= 11 is 3.57. The Balaban J connectivity index is 1.40. The van der Waals surface area contributed by atoms with Gasteiger partial charge in [0.2, 0.25) is 0 Å². The van der Waals surface area contributed by atoms with Crippen molar-refractivity contribution in [1.29, 1.82) is 0 Å². The topological polar surface area (TPSA) is 47.4 Å². The van der Waals surface area contributed by atoms with Crippen LogP contribution in [0.15, 0.2) is 22.9 Å². The Morgan fingerprint density at radius 2 is 1.90 bits per heavy atom. The normalized spacial score (nSPS) is 20.1. The molecule has 164 valence electrons. The molecule has 0 bridgehead atoms. The van der Waals surface area contributed by atoms with Gasteiger partial charge in [-0.25, -0.2) is 9.78 Å². The zero-order valence-corrected chi connectivity index (χ0v) is 20.3. The van der Waals surface area contributed by atoms with Gasteiger partial charge in [-0.3, -0.25) is 0 Å². The average Bonchev–Trinajstić information content (AvgIpc) is 3.05. The highest BCUT2D eigenvalue weighted by atomic mass is 79.9. The van der Waals surface area contributed by atoms with Gasteiger partial charge in [-0.1, -0.05) is 6.92 Å². The minimum Gasteiger partial charge on any atom is -0.444 e. The molecule has 4 rings (SSSR count). The molecule has 0 atom stereocenters. The van der Waals surface area contributed by atoms with E-state index in [1.807, 2.05) is 31.9 Å². The van der Waals surface area contributed by atoms with Crippen LogP contribution in [-0.4, -0.2) is 39.2 Å². The number of amides is 1. The number of piperidine rings is 1. The summed E-state index contributed by atoms with van der Waals surface area (Å²) in [6.45, 7) is 9.65. The van der Waals surface area contributed by atoms with E-state index in [1.54, 1.807) is 0 Å². The Bertz CT molecular complexity index is 912. The van der Waals surface area contributed by atoms with Gasteiger partial charge in [-0.15, -0.1) is 0 Å². The Hall–Kier alpha value is -1.56. The minimum absolute atomic E-state index is 0.158. The summed E-state index contributed by atoms with van der Waals surface area (Å²) in [5, 5.41) is 1.28. The lowest BCUT2D eigenvalue weighted by molar-refractivity contribution is 0.00198. The van der Waals surface area contributed by atoms with Gasteiger partial charge in [-0.2, -0.15) is 0 Å². The molecule has 1 aliphatic carbocycles. The predicted octanol–water partition coefficient (Wildman–Crippen LogP) is 6.49. The lowest BCUT2D eigenvalue weighted by atomic mass is 9.67. The Morgan fingerprint density at radius 1 is 1.23 bits per heavy atom. The average molecular weight is 476 g/mol. The van der Waals surface area contributed by atoms with Gasteiger partial charge in [0.15, 0.2) is 0 Å². The van der Waals surface area contributed by atoms with Gasteiger partial charge >= 0.3 is 6.09 Å². The Labute approximate surface area is 188 Å². The number of halogens is 1. The number of likely N-dealkylation sites (tertiary alicyclic amines) is 1. The van der Waals surface area contributed by atoms with Crippen LogP contribution in [0, 0.1) is 5.41 Å². The van der Waals surface area contributed by atoms with E-state index in [0.717, 1.165) is 42.5 Å². The van der Waals surface area contributed by atoms with E-state index in [-0.39, 0.29) is 6.09 Å². The van der Waals surface area contributed by atoms with Crippen molar-refractivity contribution in [3.63, 3.8) is 0 Å². The molecule has 0 aromatic carbocycles. The summed E-state index contributed by atoms with van der Waals surface area (Å²) in [6.07, 6.45) is 12.1. The minimum atomic E-state index is -0.426. The van der Waals surface area contributed by atoms with Gasteiger partial charge in [0.05, 0.1) is 0 Å². The lowest BCUT2D eigenvalue weighted by Crippen LogP contribution is -2.46. The number of fused-ring (bicyclic) bond motifs is 1. The third-order valence-corrected chi connectivity index (χ3v) is 7.42. The molecule has 6 heteroatoms. The van der Waals surface area contributed by atoms with Crippen molar-refractivity contribution in [1.82, 2.24) is 14.5 Å². The maximum atomic E-state index is 12.4. The first-order valence-corrected chi connectivity index (χ1v) is 12.1. The number of aromatic nitrogens is 2. The van der Waals surface area contributed by atoms with E-state index in [4.69, 9.17) is 9.72 Å². The smallest absolute Gasteiger partial charge is 0.410 e. The van der Waals surface area contributed by atoms with Gasteiger partial charge < -0.3 is 14.2 Å². The largest absolute Gasteiger partial charge is 0.444 e. The van der Waals surface area contributed by atoms with E-state index in [2.05, 4.69) is 39.7 Å². The third-order valence-electron chi connectivity index (χ3n) is 6.98. The molecule has 1 saturated heterocycles. The number of ether oxygens (including phenoxy) is 1. The molecule has 0 radical (unpaired) electrons. The molecule has 2 aromatic rings. The molecule has 2 aromatic heterocycles. The van der Waals surface area contributed by atoms with Crippen LogP contribution >= 0.6 is 15.9 Å². The number of hydrogen-bond donors (Lipinski definition) is 0. The fourth-order valence-electron chi connectivity index (χ4n) is 5.22. The number of aryl methyl sites for hydroxylation is 1. The molecular weight excluding hydrogens is 442 g/mol. The summed E-state index contributed by atoms with van der Waals surface area (Å²) in [6, 6.07) is 2.73. The van der Waals surface area contributed by atoms with Crippen molar-refractivity contribution < 1.29 is 9.53 Å². The highest BCUT2D eigenvalue weighted by molar-refractivity contribution is 9.10. The molecule has 0 N–H and O–H groups in total. The van der Waals surface area contributed by atoms with Crippen LogP contribution in [0.25, 0.3) is 11.0 Å². The highest BCUT2D eigenvalue weighted by Crippen LogP contribution is 2.48. The molecule has 0 unspecified atom stereocenters.